The van der Waals surface area contributed by atoms with Gasteiger partial charge < -0.3 is 5.32 Å². The Morgan fingerprint density at radius 2 is 1.82 bits per heavy atom. The largest absolute Gasteiger partial charge is 0.353 e. The standard InChI is InChI=1S/C24H28N4O3S3/c1-17-11-18(2)15-28(14-17)34(30,31)21-10-6-9-20(12-21)22(29)13-25-23-26-27-24(33-23)32-16-19-7-4-3-5-8-19/h3-10,12,17-18H,11,13-16H2,1-2H3,(H,25,26). The van der Waals surface area contributed by atoms with Gasteiger partial charge in [0.25, 0.3) is 0 Å². The quantitative estimate of drug-likeness (QED) is 0.323. The Bertz CT molecular complexity index is 1220. The lowest BCUT2D eigenvalue weighted by Crippen LogP contribution is -2.42. The van der Waals surface area contributed by atoms with E-state index < -0.39 is 10.0 Å². The molecule has 180 valence electrons. The third kappa shape index (κ3) is 6.24. The van der Waals surface area contributed by atoms with Crippen molar-refractivity contribution in [3.05, 3.63) is 65.7 Å². The molecule has 1 aliphatic heterocycles. The number of benzene rings is 2. The lowest BCUT2D eigenvalue weighted by atomic mass is 9.94. The van der Waals surface area contributed by atoms with E-state index in [1.165, 1.54) is 23.0 Å². The summed E-state index contributed by atoms with van der Waals surface area (Å²) in [4.78, 5) is 12.9. The Morgan fingerprint density at radius 3 is 2.56 bits per heavy atom. The average Bonchev–Trinajstić information content (AvgIpc) is 3.29. The van der Waals surface area contributed by atoms with Gasteiger partial charge in [0.05, 0.1) is 11.4 Å². The first-order valence-electron chi connectivity index (χ1n) is 11.2. The minimum atomic E-state index is -3.64. The summed E-state index contributed by atoms with van der Waals surface area (Å²) in [6.07, 6.45) is 1.02. The van der Waals surface area contributed by atoms with E-state index in [0.717, 1.165) is 16.5 Å². The molecule has 1 fully saturated rings. The first kappa shape index (κ1) is 24.8. The first-order chi connectivity index (χ1) is 16.3. The van der Waals surface area contributed by atoms with Crippen LogP contribution in [0.4, 0.5) is 5.13 Å². The summed E-state index contributed by atoms with van der Waals surface area (Å²) < 4.78 is 28.7. The number of sulfonamides is 1. The van der Waals surface area contributed by atoms with Crippen LogP contribution in [-0.4, -0.2) is 48.3 Å². The summed E-state index contributed by atoms with van der Waals surface area (Å²) in [7, 11) is -3.64. The number of anilines is 1. The van der Waals surface area contributed by atoms with Crippen LogP contribution in [0.25, 0.3) is 0 Å². The Kier molecular flexibility index (Phi) is 8.02. The van der Waals surface area contributed by atoms with Gasteiger partial charge >= 0.3 is 0 Å². The molecule has 1 aliphatic rings. The average molecular weight is 517 g/mol. The van der Waals surface area contributed by atoms with E-state index in [2.05, 4.69) is 41.5 Å². The van der Waals surface area contributed by atoms with Crippen molar-refractivity contribution in [1.82, 2.24) is 14.5 Å². The maximum Gasteiger partial charge on any atom is 0.243 e. The lowest BCUT2D eigenvalue weighted by molar-refractivity contribution is 0.101. The third-order valence-corrected chi connectivity index (χ3v) is 9.55. The number of Topliss-reactive ketones (excluding diaryl/α,β-unsaturated/α-hetero) is 1. The van der Waals surface area contributed by atoms with Crippen LogP contribution in [0.3, 0.4) is 0 Å². The van der Waals surface area contributed by atoms with Crippen LogP contribution in [0.15, 0.2) is 63.8 Å². The number of carbonyl (C=O) groups is 1. The molecule has 2 aromatic carbocycles. The first-order valence-corrected chi connectivity index (χ1v) is 14.4. The van der Waals surface area contributed by atoms with E-state index in [9.17, 15) is 13.2 Å². The van der Waals surface area contributed by atoms with Crippen LogP contribution >= 0.6 is 23.1 Å². The molecule has 3 aromatic rings. The highest BCUT2D eigenvalue weighted by atomic mass is 32.2. The molecule has 0 amide bonds. The molecule has 1 saturated heterocycles. The van der Waals surface area contributed by atoms with Crippen LogP contribution in [0, 0.1) is 11.8 Å². The van der Waals surface area contributed by atoms with Gasteiger partial charge in [0.15, 0.2) is 10.1 Å². The molecule has 0 spiro atoms. The van der Waals surface area contributed by atoms with Crippen molar-refractivity contribution in [2.24, 2.45) is 11.8 Å². The Labute approximate surface area is 209 Å². The molecular formula is C24H28N4O3S3. The normalized spacial score (nSPS) is 19.1. The highest BCUT2D eigenvalue weighted by Gasteiger charge is 2.32. The molecule has 4 rings (SSSR count). The Morgan fingerprint density at radius 1 is 1.09 bits per heavy atom. The van der Waals surface area contributed by atoms with Crippen LogP contribution in [0.5, 0.6) is 0 Å². The molecule has 0 saturated carbocycles. The highest BCUT2D eigenvalue weighted by molar-refractivity contribution is 8.00. The third-order valence-electron chi connectivity index (χ3n) is 5.64. The predicted octanol–water partition coefficient (Wildman–Crippen LogP) is 4.79. The number of hydrogen-bond acceptors (Lipinski definition) is 8. The van der Waals surface area contributed by atoms with Gasteiger partial charge in [-0.15, -0.1) is 10.2 Å². The number of nitrogens with one attached hydrogen (secondary N) is 1. The predicted molar refractivity (Wildman–Crippen MR) is 137 cm³/mol. The van der Waals surface area contributed by atoms with Crippen molar-refractivity contribution < 1.29 is 13.2 Å². The molecule has 1 N–H and O–H groups in total. The van der Waals surface area contributed by atoms with Gasteiger partial charge in [-0.3, -0.25) is 4.79 Å². The summed E-state index contributed by atoms with van der Waals surface area (Å²) in [6, 6.07) is 16.4. The molecule has 10 heteroatoms. The molecule has 34 heavy (non-hydrogen) atoms. The molecule has 2 heterocycles. The second-order valence-corrected chi connectivity index (χ2v) is 12.9. The van der Waals surface area contributed by atoms with E-state index in [1.807, 2.05) is 18.2 Å². The second kappa shape index (κ2) is 11.0. The van der Waals surface area contributed by atoms with E-state index in [1.54, 1.807) is 34.3 Å². The summed E-state index contributed by atoms with van der Waals surface area (Å²) in [5, 5.41) is 11.8. The molecule has 1 aromatic heterocycles. The van der Waals surface area contributed by atoms with Crippen molar-refractivity contribution in [2.75, 3.05) is 25.0 Å². The molecule has 2 unspecified atom stereocenters. The maximum absolute atomic E-state index is 13.2. The topological polar surface area (TPSA) is 92.3 Å². The minimum absolute atomic E-state index is 0.0132. The lowest BCUT2D eigenvalue weighted by Gasteiger charge is -2.34. The highest BCUT2D eigenvalue weighted by Crippen LogP contribution is 2.29. The number of nitrogens with zero attached hydrogens (tertiary/aromatic N) is 3. The summed E-state index contributed by atoms with van der Waals surface area (Å²) in [5.74, 6) is 1.22. The number of rotatable bonds is 9. The smallest absolute Gasteiger partial charge is 0.243 e. The zero-order chi connectivity index (χ0) is 24.1. The number of carbonyl (C=O) groups excluding carboxylic acids is 1. The number of thioether (sulfide) groups is 1. The van der Waals surface area contributed by atoms with Gasteiger partial charge in [0.1, 0.15) is 0 Å². The van der Waals surface area contributed by atoms with Crippen LogP contribution in [0.1, 0.15) is 36.2 Å². The van der Waals surface area contributed by atoms with Crippen molar-refractivity contribution >= 4 is 44.0 Å². The van der Waals surface area contributed by atoms with Crippen LogP contribution in [-0.2, 0) is 15.8 Å². The van der Waals surface area contributed by atoms with Crippen molar-refractivity contribution in [3.63, 3.8) is 0 Å². The van der Waals surface area contributed by atoms with Crippen molar-refractivity contribution in [3.8, 4) is 0 Å². The van der Waals surface area contributed by atoms with Crippen LogP contribution in [0.2, 0.25) is 0 Å². The van der Waals surface area contributed by atoms with Gasteiger partial charge in [0, 0.05) is 24.4 Å². The van der Waals surface area contributed by atoms with Gasteiger partial charge in [-0.05, 0) is 36.0 Å². The number of ketones is 1. The van der Waals surface area contributed by atoms with Gasteiger partial charge in [-0.2, -0.15) is 4.31 Å². The van der Waals surface area contributed by atoms with Crippen molar-refractivity contribution in [1.29, 1.82) is 0 Å². The fourth-order valence-electron chi connectivity index (χ4n) is 4.10. The summed E-state index contributed by atoms with van der Waals surface area (Å²) in [5.41, 5.74) is 1.56. The Hall–Kier alpha value is -2.27. The van der Waals surface area contributed by atoms with E-state index in [-0.39, 0.29) is 17.2 Å². The number of piperidine rings is 1. The van der Waals surface area contributed by atoms with E-state index >= 15 is 0 Å². The molecular weight excluding hydrogens is 488 g/mol. The SMILES string of the molecule is CC1CC(C)CN(S(=O)(=O)c2cccc(C(=O)CNc3nnc(SCc4ccccc4)s3)c2)C1. The maximum atomic E-state index is 13.2. The zero-order valence-electron chi connectivity index (χ0n) is 19.2. The van der Waals surface area contributed by atoms with Gasteiger partial charge in [-0.1, -0.05) is 79.4 Å². The van der Waals surface area contributed by atoms with Gasteiger partial charge in [-0.25, -0.2) is 8.42 Å². The minimum Gasteiger partial charge on any atom is -0.353 e. The molecule has 2 atom stereocenters. The molecule has 0 radical (unpaired) electrons. The molecule has 0 bridgehead atoms. The fourth-order valence-corrected chi connectivity index (χ4v) is 7.53. The van der Waals surface area contributed by atoms with Crippen molar-refractivity contribution in [2.45, 2.75) is 35.3 Å². The van der Waals surface area contributed by atoms with E-state index in [4.69, 9.17) is 0 Å². The number of aromatic nitrogens is 2. The number of hydrogen-bond donors (Lipinski definition) is 1. The van der Waals surface area contributed by atoms with Crippen LogP contribution < -0.4 is 5.32 Å². The summed E-state index contributed by atoms with van der Waals surface area (Å²) in [6.45, 7) is 5.17. The monoisotopic (exact) mass is 516 g/mol. The fraction of sp³-hybridized carbons (Fsp3) is 0.375. The molecule has 0 aliphatic carbocycles. The van der Waals surface area contributed by atoms with E-state index in [0.29, 0.717) is 35.6 Å². The van der Waals surface area contributed by atoms with Gasteiger partial charge in [0.2, 0.25) is 15.2 Å². The Balaban J connectivity index is 1.36. The zero-order valence-corrected chi connectivity index (χ0v) is 21.6. The second-order valence-electron chi connectivity index (χ2n) is 8.72. The molecule has 7 nitrogen and oxygen atoms in total. The summed E-state index contributed by atoms with van der Waals surface area (Å²) >= 11 is 2.98.